The summed E-state index contributed by atoms with van der Waals surface area (Å²) < 4.78 is 0. The fraction of sp³-hybridized carbons (Fsp3) is 0.667. The summed E-state index contributed by atoms with van der Waals surface area (Å²) >= 11 is 3.46. The summed E-state index contributed by atoms with van der Waals surface area (Å²) in [4.78, 5) is 2.41. The summed E-state index contributed by atoms with van der Waals surface area (Å²) in [6.07, 6.45) is 14.0. The quantitative estimate of drug-likeness (QED) is 0.518. The van der Waals surface area contributed by atoms with E-state index in [-0.39, 0.29) is 0 Å². The first-order valence-corrected chi connectivity index (χ1v) is 6.63. The summed E-state index contributed by atoms with van der Waals surface area (Å²) in [7, 11) is 0. The Labute approximate surface area is 96.0 Å². The Hall–Kier alpha value is -0.240. The highest BCUT2D eigenvalue weighted by Gasteiger charge is 2.07. The van der Waals surface area contributed by atoms with E-state index in [0.29, 0.717) is 6.04 Å². The van der Waals surface area contributed by atoms with Crippen LogP contribution in [0.3, 0.4) is 0 Å². The SMILES string of the molecule is CC1C=CC=CN1CCCCCCBr. The van der Waals surface area contributed by atoms with Gasteiger partial charge in [-0.15, -0.1) is 0 Å². The first-order valence-electron chi connectivity index (χ1n) is 5.51. The fourth-order valence-corrected chi connectivity index (χ4v) is 2.05. The standard InChI is InChI=1S/C12H20BrN/c1-12-8-4-7-11-14(12)10-6-3-2-5-9-13/h4,7-8,11-12H,2-3,5-6,9-10H2,1H3. The van der Waals surface area contributed by atoms with Crippen LogP contribution in [0.4, 0.5) is 0 Å². The van der Waals surface area contributed by atoms with E-state index in [4.69, 9.17) is 0 Å². The van der Waals surface area contributed by atoms with Crippen molar-refractivity contribution in [3.05, 3.63) is 24.4 Å². The van der Waals surface area contributed by atoms with Crippen LogP contribution in [0.2, 0.25) is 0 Å². The molecular formula is C12H20BrN. The third-order valence-corrected chi connectivity index (χ3v) is 3.16. The van der Waals surface area contributed by atoms with Gasteiger partial charge in [0.2, 0.25) is 0 Å². The molecule has 0 bridgehead atoms. The number of allylic oxidation sites excluding steroid dienone is 2. The molecule has 1 nitrogen and oxygen atoms in total. The molecule has 80 valence electrons. The minimum absolute atomic E-state index is 0.580. The molecule has 0 amide bonds. The second-order valence-electron chi connectivity index (χ2n) is 3.81. The first kappa shape index (κ1) is 11.8. The number of hydrogen-bond acceptors (Lipinski definition) is 1. The van der Waals surface area contributed by atoms with Crippen LogP contribution in [0.1, 0.15) is 32.6 Å². The number of hydrogen-bond donors (Lipinski definition) is 0. The van der Waals surface area contributed by atoms with E-state index in [1.807, 2.05) is 0 Å². The average molecular weight is 258 g/mol. The predicted molar refractivity (Wildman–Crippen MR) is 66.7 cm³/mol. The van der Waals surface area contributed by atoms with Crippen molar-refractivity contribution in [3.8, 4) is 0 Å². The van der Waals surface area contributed by atoms with Crippen LogP contribution in [0.15, 0.2) is 24.4 Å². The van der Waals surface area contributed by atoms with E-state index < -0.39 is 0 Å². The second-order valence-corrected chi connectivity index (χ2v) is 4.60. The Balaban J connectivity index is 2.06. The molecule has 0 saturated heterocycles. The number of unbranched alkanes of at least 4 members (excludes halogenated alkanes) is 3. The largest absolute Gasteiger partial charge is 0.371 e. The molecule has 0 aromatic heterocycles. The average Bonchev–Trinajstić information content (AvgIpc) is 2.20. The van der Waals surface area contributed by atoms with Crippen molar-refractivity contribution in [2.45, 2.75) is 38.6 Å². The van der Waals surface area contributed by atoms with E-state index in [9.17, 15) is 0 Å². The Kier molecular flexibility index (Phi) is 6.00. The van der Waals surface area contributed by atoms with Crippen molar-refractivity contribution in [1.29, 1.82) is 0 Å². The molecule has 0 aromatic rings. The van der Waals surface area contributed by atoms with E-state index in [1.165, 1.54) is 32.2 Å². The van der Waals surface area contributed by atoms with Gasteiger partial charge in [0.15, 0.2) is 0 Å². The molecular weight excluding hydrogens is 238 g/mol. The molecule has 0 aromatic carbocycles. The van der Waals surface area contributed by atoms with Crippen LogP contribution in [0.5, 0.6) is 0 Å². The van der Waals surface area contributed by atoms with Crippen LogP contribution >= 0.6 is 15.9 Å². The molecule has 1 aliphatic heterocycles. The fourth-order valence-electron chi connectivity index (χ4n) is 1.65. The van der Waals surface area contributed by atoms with Crippen molar-refractivity contribution < 1.29 is 0 Å². The van der Waals surface area contributed by atoms with E-state index in [2.05, 4.69) is 52.2 Å². The van der Waals surface area contributed by atoms with Crippen LogP contribution in [-0.2, 0) is 0 Å². The first-order chi connectivity index (χ1) is 6.84. The normalized spacial score (nSPS) is 20.4. The van der Waals surface area contributed by atoms with Crippen LogP contribution in [0, 0.1) is 0 Å². The zero-order chi connectivity index (χ0) is 10.2. The maximum Gasteiger partial charge on any atom is 0.0442 e. The Morgan fingerprint density at radius 3 is 2.64 bits per heavy atom. The van der Waals surface area contributed by atoms with Gasteiger partial charge < -0.3 is 4.90 Å². The van der Waals surface area contributed by atoms with Gasteiger partial charge in [-0.1, -0.05) is 40.9 Å². The second kappa shape index (κ2) is 7.10. The van der Waals surface area contributed by atoms with Gasteiger partial charge in [-0.3, -0.25) is 0 Å². The third-order valence-electron chi connectivity index (χ3n) is 2.60. The molecule has 1 aliphatic rings. The van der Waals surface area contributed by atoms with Gasteiger partial charge in [0.1, 0.15) is 0 Å². The van der Waals surface area contributed by atoms with Crippen LogP contribution < -0.4 is 0 Å². The van der Waals surface area contributed by atoms with Gasteiger partial charge in [-0.2, -0.15) is 0 Å². The molecule has 14 heavy (non-hydrogen) atoms. The Morgan fingerprint density at radius 1 is 1.14 bits per heavy atom. The maximum absolute atomic E-state index is 3.46. The highest BCUT2D eigenvalue weighted by atomic mass is 79.9. The van der Waals surface area contributed by atoms with Crippen molar-refractivity contribution >= 4 is 15.9 Å². The lowest BCUT2D eigenvalue weighted by atomic mass is 10.1. The number of nitrogens with zero attached hydrogens (tertiary/aromatic N) is 1. The van der Waals surface area contributed by atoms with Crippen molar-refractivity contribution in [1.82, 2.24) is 4.90 Å². The summed E-state index contributed by atoms with van der Waals surface area (Å²) in [5.41, 5.74) is 0. The monoisotopic (exact) mass is 257 g/mol. The maximum atomic E-state index is 3.46. The topological polar surface area (TPSA) is 3.24 Å². The molecule has 1 atom stereocenters. The van der Waals surface area contributed by atoms with Gasteiger partial charge in [0, 0.05) is 17.9 Å². The van der Waals surface area contributed by atoms with Crippen molar-refractivity contribution in [3.63, 3.8) is 0 Å². The molecule has 2 heteroatoms. The summed E-state index contributed by atoms with van der Waals surface area (Å²) in [5.74, 6) is 0. The molecule has 0 aliphatic carbocycles. The zero-order valence-electron chi connectivity index (χ0n) is 8.95. The lowest BCUT2D eigenvalue weighted by Crippen LogP contribution is -2.28. The van der Waals surface area contributed by atoms with Crippen LogP contribution in [-0.4, -0.2) is 22.8 Å². The van der Waals surface area contributed by atoms with Gasteiger partial charge in [-0.25, -0.2) is 0 Å². The lowest BCUT2D eigenvalue weighted by molar-refractivity contribution is 0.323. The summed E-state index contributed by atoms with van der Waals surface area (Å²) in [6, 6.07) is 0.580. The molecule has 0 N–H and O–H groups in total. The molecule has 0 spiro atoms. The molecule has 1 rings (SSSR count). The Bertz CT molecular complexity index is 198. The van der Waals surface area contributed by atoms with Crippen LogP contribution in [0.25, 0.3) is 0 Å². The summed E-state index contributed by atoms with van der Waals surface area (Å²) in [6.45, 7) is 3.45. The smallest absolute Gasteiger partial charge is 0.0442 e. The molecule has 1 heterocycles. The molecule has 0 fully saturated rings. The number of alkyl halides is 1. The van der Waals surface area contributed by atoms with E-state index in [0.717, 1.165) is 5.33 Å². The molecule has 0 radical (unpaired) electrons. The minimum Gasteiger partial charge on any atom is -0.371 e. The Morgan fingerprint density at radius 2 is 1.93 bits per heavy atom. The van der Waals surface area contributed by atoms with E-state index in [1.54, 1.807) is 0 Å². The lowest BCUT2D eigenvalue weighted by Gasteiger charge is -2.27. The minimum atomic E-state index is 0.580. The van der Waals surface area contributed by atoms with Gasteiger partial charge in [-0.05, 0) is 32.0 Å². The number of rotatable bonds is 6. The predicted octanol–water partition coefficient (Wildman–Crippen LogP) is 3.72. The van der Waals surface area contributed by atoms with Crippen molar-refractivity contribution in [2.24, 2.45) is 0 Å². The van der Waals surface area contributed by atoms with Gasteiger partial charge >= 0.3 is 0 Å². The van der Waals surface area contributed by atoms with Crippen molar-refractivity contribution in [2.75, 3.05) is 11.9 Å². The molecule has 0 saturated carbocycles. The number of halogens is 1. The highest BCUT2D eigenvalue weighted by molar-refractivity contribution is 9.09. The molecule has 1 unspecified atom stereocenters. The zero-order valence-corrected chi connectivity index (χ0v) is 10.5. The third kappa shape index (κ3) is 4.32. The summed E-state index contributed by atoms with van der Waals surface area (Å²) in [5, 5.41) is 1.15. The van der Waals surface area contributed by atoms with E-state index >= 15 is 0 Å². The van der Waals surface area contributed by atoms with Gasteiger partial charge in [0.05, 0.1) is 0 Å². The highest BCUT2D eigenvalue weighted by Crippen LogP contribution is 2.10. The van der Waals surface area contributed by atoms with Gasteiger partial charge in [0.25, 0.3) is 0 Å².